The minimum absolute atomic E-state index is 0.708. The van der Waals surface area contributed by atoms with Crippen molar-refractivity contribution in [1.82, 2.24) is 19.3 Å². The second kappa shape index (κ2) is 3.29. The molecule has 4 rings (SSSR count). The Morgan fingerprint density at radius 2 is 2.11 bits per heavy atom. The number of hydrogen-bond acceptors (Lipinski definition) is 3. The predicted molar refractivity (Wildman–Crippen MR) is 66.3 cm³/mol. The molecular weight excluding hydrogens is 228 g/mol. The van der Waals surface area contributed by atoms with E-state index in [1.165, 1.54) is 6.33 Å². The topological polar surface area (TPSA) is 52.7 Å². The van der Waals surface area contributed by atoms with E-state index in [2.05, 4.69) is 14.6 Å². The summed E-state index contributed by atoms with van der Waals surface area (Å²) in [6, 6.07) is 7.96. The number of carbonyl (C=O) groups excluding carboxylic acids is 1. The minimum Gasteiger partial charge on any atom is -0.335 e. The van der Waals surface area contributed by atoms with Gasteiger partial charge in [0.15, 0.2) is 12.1 Å². The monoisotopic (exact) mass is 238 g/mol. The molecule has 0 N–H and O–H groups in total. The van der Waals surface area contributed by atoms with Gasteiger partial charge in [0.2, 0.25) is 0 Å². The van der Waals surface area contributed by atoms with Crippen LogP contribution in [-0.2, 0) is 13.1 Å². The van der Waals surface area contributed by atoms with Crippen LogP contribution in [0.25, 0.3) is 22.4 Å². The van der Waals surface area contributed by atoms with Gasteiger partial charge in [0.25, 0.3) is 0 Å². The maximum absolute atomic E-state index is 11.4. The molecule has 1 aliphatic rings. The summed E-state index contributed by atoms with van der Waals surface area (Å²) in [6.45, 7) is 1.61. The summed E-state index contributed by atoms with van der Waals surface area (Å²) >= 11 is 0. The Labute approximate surface area is 103 Å². The lowest BCUT2D eigenvalue weighted by Crippen LogP contribution is -2.17. The van der Waals surface area contributed by atoms with E-state index >= 15 is 0 Å². The molecule has 0 amide bonds. The van der Waals surface area contributed by atoms with Gasteiger partial charge < -0.3 is 4.57 Å². The number of aryl methyl sites for hydroxylation is 2. The highest BCUT2D eigenvalue weighted by Gasteiger charge is 2.25. The minimum atomic E-state index is 0.708. The number of para-hydroxylation sites is 1. The van der Waals surface area contributed by atoms with Crippen molar-refractivity contribution < 1.29 is 4.79 Å². The molecule has 0 saturated heterocycles. The van der Waals surface area contributed by atoms with Crippen molar-refractivity contribution in [2.45, 2.75) is 13.1 Å². The maximum atomic E-state index is 11.4. The molecule has 2 aromatic heterocycles. The van der Waals surface area contributed by atoms with E-state index < -0.39 is 0 Å². The van der Waals surface area contributed by atoms with Crippen LogP contribution >= 0.6 is 0 Å². The molecule has 0 radical (unpaired) electrons. The van der Waals surface area contributed by atoms with E-state index in [0.29, 0.717) is 5.56 Å². The number of benzene rings is 1. The van der Waals surface area contributed by atoms with E-state index in [1.54, 1.807) is 0 Å². The van der Waals surface area contributed by atoms with Gasteiger partial charge >= 0.3 is 0 Å². The Bertz CT molecular complexity index is 768. The van der Waals surface area contributed by atoms with Crippen LogP contribution in [0.2, 0.25) is 0 Å². The Morgan fingerprint density at radius 3 is 3.00 bits per heavy atom. The third kappa shape index (κ3) is 1.03. The Kier molecular flexibility index (Phi) is 1.75. The maximum Gasteiger partial charge on any atom is 0.175 e. The van der Waals surface area contributed by atoms with Crippen LogP contribution in [0.4, 0.5) is 0 Å². The third-order valence-corrected chi connectivity index (χ3v) is 3.49. The first-order valence-electron chi connectivity index (χ1n) is 5.85. The largest absolute Gasteiger partial charge is 0.335 e. The first kappa shape index (κ1) is 9.58. The molecule has 18 heavy (non-hydrogen) atoms. The zero-order chi connectivity index (χ0) is 12.1. The molecule has 0 bridgehead atoms. The average molecular weight is 238 g/mol. The standard InChI is InChI=1S/C13H10N4O/c18-7-10-9-3-1-2-4-11(9)16-5-6-17-13(12(10)16)14-8-15-17/h1-4,7-8H,5-6H2. The summed E-state index contributed by atoms with van der Waals surface area (Å²) in [5.41, 5.74) is 2.68. The van der Waals surface area contributed by atoms with E-state index in [9.17, 15) is 4.79 Å². The Hall–Kier alpha value is -2.43. The average Bonchev–Trinajstić information content (AvgIpc) is 3.00. The molecule has 0 aliphatic carbocycles. The molecular formula is C13H10N4O. The van der Waals surface area contributed by atoms with Crippen LogP contribution in [0.3, 0.4) is 0 Å². The molecule has 1 aromatic carbocycles. The molecule has 0 atom stereocenters. The molecule has 3 heterocycles. The van der Waals surface area contributed by atoms with Gasteiger partial charge in [-0.1, -0.05) is 18.2 Å². The molecule has 88 valence electrons. The zero-order valence-corrected chi connectivity index (χ0v) is 9.58. The van der Waals surface area contributed by atoms with Gasteiger partial charge in [-0.3, -0.25) is 4.79 Å². The van der Waals surface area contributed by atoms with Crippen molar-refractivity contribution in [3.05, 3.63) is 36.2 Å². The van der Waals surface area contributed by atoms with E-state index in [1.807, 2.05) is 28.9 Å². The lowest BCUT2D eigenvalue weighted by Gasteiger charge is -2.17. The summed E-state index contributed by atoms with van der Waals surface area (Å²) in [7, 11) is 0. The quantitative estimate of drug-likeness (QED) is 0.606. The van der Waals surface area contributed by atoms with Crippen molar-refractivity contribution in [2.75, 3.05) is 0 Å². The van der Waals surface area contributed by atoms with Crippen molar-refractivity contribution in [2.24, 2.45) is 0 Å². The van der Waals surface area contributed by atoms with Crippen molar-refractivity contribution in [3.8, 4) is 11.5 Å². The van der Waals surface area contributed by atoms with Crippen LogP contribution < -0.4 is 0 Å². The normalized spacial score (nSPS) is 13.3. The number of aldehydes is 1. The van der Waals surface area contributed by atoms with Crippen molar-refractivity contribution in [3.63, 3.8) is 0 Å². The second-order valence-corrected chi connectivity index (χ2v) is 4.36. The molecule has 1 aliphatic heterocycles. The highest BCUT2D eigenvalue weighted by molar-refractivity contribution is 6.04. The molecule has 0 spiro atoms. The molecule has 0 unspecified atom stereocenters. The fourth-order valence-corrected chi connectivity index (χ4v) is 2.73. The van der Waals surface area contributed by atoms with Crippen molar-refractivity contribution in [1.29, 1.82) is 0 Å². The lowest BCUT2D eigenvalue weighted by molar-refractivity contribution is 0.112. The number of nitrogens with zero attached hydrogens (tertiary/aromatic N) is 4. The van der Waals surface area contributed by atoms with E-state index in [4.69, 9.17) is 0 Å². The van der Waals surface area contributed by atoms with Gasteiger partial charge in [0, 0.05) is 17.4 Å². The second-order valence-electron chi connectivity index (χ2n) is 4.36. The number of aromatic nitrogens is 4. The Morgan fingerprint density at radius 1 is 1.22 bits per heavy atom. The van der Waals surface area contributed by atoms with Gasteiger partial charge in [-0.05, 0) is 6.07 Å². The van der Waals surface area contributed by atoms with Gasteiger partial charge in [-0.15, -0.1) is 0 Å². The summed E-state index contributed by atoms with van der Waals surface area (Å²) in [6.07, 6.45) is 2.45. The van der Waals surface area contributed by atoms with Gasteiger partial charge in [-0.25, -0.2) is 9.67 Å². The number of carbonyl (C=O) groups is 1. The SMILES string of the molecule is O=Cc1c2n(c3ccccc13)CCn1ncnc1-2. The molecule has 3 aromatic rings. The molecule has 0 fully saturated rings. The number of rotatable bonds is 1. The van der Waals surface area contributed by atoms with Crippen LogP contribution in [0.15, 0.2) is 30.6 Å². The van der Waals surface area contributed by atoms with Gasteiger partial charge in [0.05, 0.1) is 17.8 Å². The van der Waals surface area contributed by atoms with Gasteiger partial charge in [-0.2, -0.15) is 5.10 Å². The number of hydrogen-bond donors (Lipinski definition) is 0. The fraction of sp³-hybridized carbons (Fsp3) is 0.154. The summed E-state index contributed by atoms with van der Waals surface area (Å²) < 4.78 is 4.00. The van der Waals surface area contributed by atoms with E-state index in [0.717, 1.165) is 41.8 Å². The highest BCUT2D eigenvalue weighted by atomic mass is 16.1. The van der Waals surface area contributed by atoms with Crippen LogP contribution in [0, 0.1) is 0 Å². The first-order chi connectivity index (χ1) is 8.90. The predicted octanol–water partition coefficient (Wildman–Crippen LogP) is 1.73. The molecule has 5 heteroatoms. The molecule has 5 nitrogen and oxygen atoms in total. The lowest BCUT2D eigenvalue weighted by atomic mass is 10.1. The molecule has 0 saturated carbocycles. The van der Waals surface area contributed by atoms with Gasteiger partial charge in [0.1, 0.15) is 6.33 Å². The fourth-order valence-electron chi connectivity index (χ4n) is 2.73. The summed E-state index contributed by atoms with van der Waals surface area (Å²) in [4.78, 5) is 15.7. The number of fused-ring (bicyclic) bond motifs is 5. The van der Waals surface area contributed by atoms with Crippen molar-refractivity contribution >= 4 is 17.2 Å². The third-order valence-electron chi connectivity index (χ3n) is 3.49. The first-order valence-corrected chi connectivity index (χ1v) is 5.85. The highest BCUT2D eigenvalue weighted by Crippen LogP contribution is 2.33. The zero-order valence-electron chi connectivity index (χ0n) is 9.58. The van der Waals surface area contributed by atoms with Crippen LogP contribution in [0.1, 0.15) is 10.4 Å². The van der Waals surface area contributed by atoms with E-state index in [-0.39, 0.29) is 0 Å². The van der Waals surface area contributed by atoms with Crippen LogP contribution in [0.5, 0.6) is 0 Å². The van der Waals surface area contributed by atoms with Crippen LogP contribution in [-0.4, -0.2) is 25.6 Å². The smallest absolute Gasteiger partial charge is 0.175 e. The summed E-state index contributed by atoms with van der Waals surface area (Å²) in [5.74, 6) is 0.777. The Balaban J connectivity index is 2.20. The summed E-state index contributed by atoms with van der Waals surface area (Å²) in [5, 5.41) is 5.16.